The molecule has 1 heterocycles. The van der Waals surface area contributed by atoms with Gasteiger partial charge in [0.15, 0.2) is 0 Å². The zero-order valence-corrected chi connectivity index (χ0v) is 14.7. The number of hydrogen-bond donors (Lipinski definition) is 0. The molecule has 2 aromatic rings. The molecule has 2 aromatic carbocycles. The Morgan fingerprint density at radius 1 is 0.880 bits per heavy atom. The Bertz CT molecular complexity index is 674. The summed E-state index contributed by atoms with van der Waals surface area (Å²) in [5.41, 5.74) is 2.47. The Labute approximate surface area is 150 Å². The quantitative estimate of drug-likeness (QED) is 0.807. The Balaban J connectivity index is 1.38. The first kappa shape index (κ1) is 17.4. The monoisotopic (exact) mass is 334 g/mol. The summed E-state index contributed by atoms with van der Waals surface area (Å²) in [6.45, 7) is 4.53. The molecule has 0 N–H and O–H groups in total. The maximum Gasteiger partial charge on any atom is 0.222 e. The number of carbonyl (C=O) groups is 1. The van der Waals surface area contributed by atoms with Gasteiger partial charge >= 0.3 is 0 Å². The summed E-state index contributed by atoms with van der Waals surface area (Å²) < 4.78 is 0. The summed E-state index contributed by atoms with van der Waals surface area (Å²) in [7, 11) is 0. The molecule has 0 saturated carbocycles. The molecule has 0 aromatic heterocycles. The van der Waals surface area contributed by atoms with Crippen molar-refractivity contribution < 1.29 is 4.79 Å². The van der Waals surface area contributed by atoms with Crippen LogP contribution in [0.5, 0.6) is 0 Å². The zero-order valence-electron chi connectivity index (χ0n) is 14.7. The molecule has 1 fully saturated rings. The van der Waals surface area contributed by atoms with Crippen molar-refractivity contribution in [3.05, 3.63) is 77.9 Å². The topological polar surface area (TPSA) is 23.6 Å². The van der Waals surface area contributed by atoms with Gasteiger partial charge in [0.05, 0.1) is 0 Å². The lowest BCUT2D eigenvalue weighted by atomic mass is 10.1. The number of nitrogens with zero attached hydrogens (tertiary/aromatic N) is 2. The molecule has 0 unspecified atom stereocenters. The molecular weight excluding hydrogens is 308 g/mol. The highest BCUT2D eigenvalue weighted by atomic mass is 16.2. The summed E-state index contributed by atoms with van der Waals surface area (Å²) in [5.74, 6) is 0.281. The summed E-state index contributed by atoms with van der Waals surface area (Å²) in [6.07, 6.45) is 5.82. The summed E-state index contributed by atoms with van der Waals surface area (Å²) in [4.78, 5) is 16.8. The van der Waals surface area contributed by atoms with Crippen LogP contribution < -0.4 is 0 Å². The second-order valence-electron chi connectivity index (χ2n) is 6.48. The molecule has 1 amide bonds. The third-order valence-corrected chi connectivity index (χ3v) is 4.67. The SMILES string of the molecule is O=C(CCc1ccccc1)N1CCN(CC=Cc2ccccc2)CC1. The lowest BCUT2D eigenvalue weighted by Crippen LogP contribution is -2.48. The van der Waals surface area contributed by atoms with E-state index >= 15 is 0 Å². The second kappa shape index (κ2) is 9.19. The Morgan fingerprint density at radius 2 is 1.52 bits per heavy atom. The van der Waals surface area contributed by atoms with Crippen molar-refractivity contribution in [2.45, 2.75) is 12.8 Å². The van der Waals surface area contributed by atoms with Crippen LogP contribution in [0.4, 0.5) is 0 Å². The summed E-state index contributed by atoms with van der Waals surface area (Å²) >= 11 is 0. The number of hydrogen-bond acceptors (Lipinski definition) is 2. The van der Waals surface area contributed by atoms with Crippen molar-refractivity contribution >= 4 is 12.0 Å². The van der Waals surface area contributed by atoms with E-state index in [-0.39, 0.29) is 5.91 Å². The predicted octanol–water partition coefficient (Wildman–Crippen LogP) is 3.48. The van der Waals surface area contributed by atoms with E-state index in [1.54, 1.807) is 0 Å². The molecule has 0 spiro atoms. The van der Waals surface area contributed by atoms with Gasteiger partial charge in [-0.2, -0.15) is 0 Å². The van der Waals surface area contributed by atoms with Gasteiger partial charge in [-0.15, -0.1) is 0 Å². The van der Waals surface area contributed by atoms with Crippen molar-refractivity contribution in [1.82, 2.24) is 9.80 Å². The largest absolute Gasteiger partial charge is 0.340 e. The fourth-order valence-corrected chi connectivity index (χ4v) is 3.14. The summed E-state index contributed by atoms with van der Waals surface area (Å²) in [5, 5.41) is 0. The van der Waals surface area contributed by atoms with Crippen LogP contribution in [0.2, 0.25) is 0 Å². The number of aryl methyl sites for hydroxylation is 1. The number of amides is 1. The number of rotatable bonds is 6. The van der Waals surface area contributed by atoms with Crippen LogP contribution in [0, 0.1) is 0 Å². The maximum atomic E-state index is 12.4. The highest BCUT2D eigenvalue weighted by Gasteiger charge is 2.19. The third-order valence-electron chi connectivity index (χ3n) is 4.67. The van der Waals surface area contributed by atoms with Gasteiger partial charge in [-0.25, -0.2) is 0 Å². The van der Waals surface area contributed by atoms with Gasteiger partial charge in [0.25, 0.3) is 0 Å². The van der Waals surface area contributed by atoms with Gasteiger partial charge in [-0.1, -0.05) is 72.8 Å². The Hall–Kier alpha value is -2.39. The van der Waals surface area contributed by atoms with Crippen LogP contribution in [0.15, 0.2) is 66.7 Å². The minimum absolute atomic E-state index is 0.281. The molecule has 1 saturated heterocycles. The first-order valence-corrected chi connectivity index (χ1v) is 9.07. The second-order valence-corrected chi connectivity index (χ2v) is 6.48. The van der Waals surface area contributed by atoms with E-state index in [9.17, 15) is 4.79 Å². The number of piperazine rings is 1. The van der Waals surface area contributed by atoms with Gasteiger partial charge in [0.1, 0.15) is 0 Å². The maximum absolute atomic E-state index is 12.4. The van der Waals surface area contributed by atoms with E-state index in [0.29, 0.717) is 6.42 Å². The zero-order chi connectivity index (χ0) is 17.3. The average Bonchev–Trinajstić information content (AvgIpc) is 2.68. The molecule has 0 radical (unpaired) electrons. The molecule has 3 heteroatoms. The van der Waals surface area contributed by atoms with Crippen molar-refractivity contribution in [1.29, 1.82) is 0 Å². The van der Waals surface area contributed by atoms with Gasteiger partial charge in [0, 0.05) is 39.1 Å². The average molecular weight is 334 g/mol. The van der Waals surface area contributed by atoms with Crippen LogP contribution >= 0.6 is 0 Å². The number of benzene rings is 2. The normalized spacial score (nSPS) is 15.6. The molecule has 25 heavy (non-hydrogen) atoms. The van der Waals surface area contributed by atoms with Crippen LogP contribution in [-0.2, 0) is 11.2 Å². The molecule has 1 aliphatic rings. The van der Waals surface area contributed by atoms with Crippen LogP contribution in [0.3, 0.4) is 0 Å². The van der Waals surface area contributed by atoms with E-state index in [1.807, 2.05) is 29.2 Å². The number of carbonyl (C=O) groups excluding carboxylic acids is 1. The lowest BCUT2D eigenvalue weighted by molar-refractivity contribution is -0.132. The van der Waals surface area contributed by atoms with Crippen molar-refractivity contribution in [2.24, 2.45) is 0 Å². The van der Waals surface area contributed by atoms with Gasteiger partial charge in [-0.05, 0) is 17.5 Å². The van der Waals surface area contributed by atoms with E-state index in [2.05, 4.69) is 53.5 Å². The first-order valence-electron chi connectivity index (χ1n) is 9.07. The van der Waals surface area contributed by atoms with Crippen molar-refractivity contribution in [3.63, 3.8) is 0 Å². The molecule has 3 nitrogen and oxygen atoms in total. The minimum Gasteiger partial charge on any atom is -0.340 e. The van der Waals surface area contributed by atoms with Gasteiger partial charge < -0.3 is 4.90 Å². The van der Waals surface area contributed by atoms with Crippen LogP contribution in [0.1, 0.15) is 17.5 Å². The lowest BCUT2D eigenvalue weighted by Gasteiger charge is -2.34. The highest BCUT2D eigenvalue weighted by Crippen LogP contribution is 2.08. The van der Waals surface area contributed by atoms with E-state index < -0.39 is 0 Å². The Kier molecular flexibility index (Phi) is 6.41. The fourth-order valence-electron chi connectivity index (χ4n) is 3.14. The predicted molar refractivity (Wildman–Crippen MR) is 103 cm³/mol. The van der Waals surface area contributed by atoms with E-state index in [1.165, 1.54) is 11.1 Å². The molecule has 3 rings (SSSR count). The van der Waals surface area contributed by atoms with Crippen molar-refractivity contribution in [2.75, 3.05) is 32.7 Å². The molecule has 0 aliphatic carbocycles. The molecular formula is C22H26N2O. The third kappa shape index (κ3) is 5.57. The molecule has 1 aliphatic heterocycles. The minimum atomic E-state index is 0.281. The molecule has 0 atom stereocenters. The van der Waals surface area contributed by atoms with E-state index in [4.69, 9.17) is 0 Å². The molecule has 0 bridgehead atoms. The standard InChI is InChI=1S/C22H26N2O/c25-22(14-13-21-10-5-2-6-11-21)24-18-16-23(17-19-24)15-7-12-20-8-3-1-4-9-20/h1-12H,13-19H2. The molecule has 130 valence electrons. The van der Waals surface area contributed by atoms with Gasteiger partial charge in [0.2, 0.25) is 5.91 Å². The van der Waals surface area contributed by atoms with Crippen molar-refractivity contribution in [3.8, 4) is 0 Å². The fraction of sp³-hybridized carbons (Fsp3) is 0.318. The summed E-state index contributed by atoms with van der Waals surface area (Å²) in [6, 6.07) is 20.6. The van der Waals surface area contributed by atoms with E-state index in [0.717, 1.165) is 39.1 Å². The van der Waals surface area contributed by atoms with Gasteiger partial charge in [-0.3, -0.25) is 9.69 Å². The Morgan fingerprint density at radius 3 is 2.20 bits per heavy atom. The van der Waals surface area contributed by atoms with Crippen LogP contribution in [-0.4, -0.2) is 48.4 Å². The smallest absolute Gasteiger partial charge is 0.222 e. The highest BCUT2D eigenvalue weighted by molar-refractivity contribution is 5.76. The first-order chi connectivity index (χ1) is 12.3. The van der Waals surface area contributed by atoms with Crippen LogP contribution in [0.25, 0.3) is 6.08 Å².